The SMILES string of the molecule is C=CC(=O)N(C)c1ccc(C(=O)N2CCC3(C)C(C2)C3(Cl)Cl)cc1. The molecule has 0 bridgehead atoms. The van der Waals surface area contributed by atoms with E-state index in [0.29, 0.717) is 24.3 Å². The van der Waals surface area contributed by atoms with Crippen LogP contribution in [0.3, 0.4) is 0 Å². The summed E-state index contributed by atoms with van der Waals surface area (Å²) in [6.45, 7) is 6.79. The van der Waals surface area contributed by atoms with E-state index in [-0.39, 0.29) is 23.1 Å². The smallest absolute Gasteiger partial charge is 0.253 e. The van der Waals surface area contributed by atoms with Gasteiger partial charge in [0, 0.05) is 42.7 Å². The first-order valence-corrected chi connectivity index (χ1v) is 8.65. The van der Waals surface area contributed by atoms with Crippen molar-refractivity contribution < 1.29 is 9.59 Å². The number of halogens is 2. The first-order valence-electron chi connectivity index (χ1n) is 7.89. The molecule has 2 fully saturated rings. The normalized spacial score (nSPS) is 27.2. The van der Waals surface area contributed by atoms with Gasteiger partial charge in [0.2, 0.25) is 5.91 Å². The molecule has 1 aliphatic carbocycles. The molecule has 0 spiro atoms. The molecule has 24 heavy (non-hydrogen) atoms. The first kappa shape index (κ1) is 17.3. The van der Waals surface area contributed by atoms with E-state index in [2.05, 4.69) is 13.5 Å². The summed E-state index contributed by atoms with van der Waals surface area (Å²) in [4.78, 5) is 27.6. The monoisotopic (exact) mass is 366 g/mol. The summed E-state index contributed by atoms with van der Waals surface area (Å²) < 4.78 is -0.723. The Bertz CT molecular complexity index is 701. The van der Waals surface area contributed by atoms with Gasteiger partial charge in [0.05, 0.1) is 0 Å². The van der Waals surface area contributed by atoms with E-state index in [1.54, 1.807) is 31.3 Å². The van der Waals surface area contributed by atoms with Gasteiger partial charge in [0.1, 0.15) is 4.33 Å². The quantitative estimate of drug-likeness (QED) is 0.606. The highest BCUT2D eigenvalue weighted by atomic mass is 35.5. The van der Waals surface area contributed by atoms with Gasteiger partial charge in [-0.1, -0.05) is 13.5 Å². The van der Waals surface area contributed by atoms with Crippen molar-refractivity contribution in [1.29, 1.82) is 0 Å². The summed E-state index contributed by atoms with van der Waals surface area (Å²) in [5.74, 6) is -0.0994. The number of likely N-dealkylation sites (tertiary alicyclic amines) is 1. The van der Waals surface area contributed by atoms with Crippen LogP contribution in [0.2, 0.25) is 0 Å². The number of hydrogen-bond acceptors (Lipinski definition) is 2. The zero-order chi connectivity index (χ0) is 17.7. The van der Waals surface area contributed by atoms with Crippen molar-refractivity contribution in [2.24, 2.45) is 11.3 Å². The highest BCUT2D eigenvalue weighted by molar-refractivity contribution is 6.52. The lowest BCUT2D eigenvalue weighted by Gasteiger charge is -2.29. The minimum absolute atomic E-state index is 0.0302. The lowest BCUT2D eigenvalue weighted by atomic mass is 9.97. The molecular weight excluding hydrogens is 347 g/mol. The number of hydrogen-bond donors (Lipinski definition) is 0. The number of rotatable bonds is 3. The third kappa shape index (κ3) is 2.52. The summed E-state index contributed by atoms with van der Waals surface area (Å²) in [6.07, 6.45) is 2.06. The highest BCUT2D eigenvalue weighted by Crippen LogP contribution is 2.72. The molecule has 1 heterocycles. The number of alkyl halides is 2. The van der Waals surface area contributed by atoms with E-state index >= 15 is 0 Å². The second-order valence-electron chi connectivity index (χ2n) is 6.74. The van der Waals surface area contributed by atoms with Gasteiger partial charge in [-0.2, -0.15) is 0 Å². The minimum Gasteiger partial charge on any atom is -0.338 e. The van der Waals surface area contributed by atoms with E-state index in [4.69, 9.17) is 23.2 Å². The van der Waals surface area contributed by atoms with Crippen LogP contribution in [0, 0.1) is 11.3 Å². The Hall–Kier alpha value is -1.52. The van der Waals surface area contributed by atoms with Crippen molar-refractivity contribution in [3.8, 4) is 0 Å². The summed E-state index contributed by atoms with van der Waals surface area (Å²) in [6, 6.07) is 6.99. The van der Waals surface area contributed by atoms with Crippen molar-refractivity contribution in [2.75, 3.05) is 25.0 Å². The lowest BCUT2D eigenvalue weighted by molar-refractivity contribution is -0.113. The molecule has 1 saturated carbocycles. The van der Waals surface area contributed by atoms with Crippen LogP contribution in [-0.4, -0.2) is 41.2 Å². The zero-order valence-corrected chi connectivity index (χ0v) is 15.3. The molecule has 2 amide bonds. The maximum atomic E-state index is 12.7. The Labute approximate surface area is 152 Å². The second-order valence-corrected chi connectivity index (χ2v) is 8.13. The average molecular weight is 367 g/mol. The van der Waals surface area contributed by atoms with Crippen molar-refractivity contribution in [1.82, 2.24) is 4.90 Å². The van der Waals surface area contributed by atoms with Gasteiger partial charge in [0.15, 0.2) is 0 Å². The van der Waals surface area contributed by atoms with Crippen LogP contribution >= 0.6 is 23.2 Å². The third-order valence-electron chi connectivity index (χ3n) is 5.48. The number of carbonyl (C=O) groups excluding carboxylic acids is 2. The second kappa shape index (κ2) is 5.78. The molecule has 2 unspecified atom stereocenters. The van der Waals surface area contributed by atoms with Crippen LogP contribution < -0.4 is 4.90 Å². The largest absolute Gasteiger partial charge is 0.338 e. The molecule has 4 nitrogen and oxygen atoms in total. The molecule has 0 aromatic heterocycles. The van der Waals surface area contributed by atoms with Gasteiger partial charge in [0.25, 0.3) is 5.91 Å². The molecule has 0 radical (unpaired) electrons. The molecular formula is C18H20Cl2N2O2. The first-order chi connectivity index (χ1) is 11.2. The van der Waals surface area contributed by atoms with Crippen LogP contribution in [0.25, 0.3) is 0 Å². The van der Waals surface area contributed by atoms with Gasteiger partial charge in [-0.25, -0.2) is 0 Å². The Morgan fingerprint density at radius 3 is 2.50 bits per heavy atom. The van der Waals surface area contributed by atoms with Crippen molar-refractivity contribution >= 4 is 40.7 Å². The summed E-state index contributed by atoms with van der Waals surface area (Å²) >= 11 is 12.7. The molecule has 6 heteroatoms. The van der Waals surface area contributed by atoms with Crippen LogP contribution in [0.15, 0.2) is 36.9 Å². The van der Waals surface area contributed by atoms with Gasteiger partial charge in [-0.05, 0) is 36.8 Å². The summed E-state index contributed by atoms with van der Waals surface area (Å²) in [5, 5.41) is 0. The third-order valence-corrected chi connectivity index (χ3v) is 6.87. The fourth-order valence-corrected chi connectivity index (χ4v) is 4.43. The number of nitrogens with zero attached hydrogens (tertiary/aromatic N) is 2. The Morgan fingerprint density at radius 1 is 1.33 bits per heavy atom. The van der Waals surface area contributed by atoms with Crippen molar-refractivity contribution in [3.05, 3.63) is 42.5 Å². The predicted octanol–water partition coefficient (Wildman–Crippen LogP) is 3.49. The molecule has 128 valence electrons. The summed E-state index contributed by atoms with van der Waals surface area (Å²) in [5.41, 5.74) is 1.23. The number of amides is 2. The molecule has 2 aliphatic rings. The molecule has 1 aromatic rings. The zero-order valence-electron chi connectivity index (χ0n) is 13.8. The summed E-state index contributed by atoms with van der Waals surface area (Å²) in [7, 11) is 1.67. The van der Waals surface area contributed by atoms with E-state index in [9.17, 15) is 9.59 Å². The van der Waals surface area contributed by atoms with E-state index in [1.807, 2.05) is 4.90 Å². The Morgan fingerprint density at radius 2 is 1.96 bits per heavy atom. The number of anilines is 1. The fourth-order valence-electron chi connectivity index (χ4n) is 3.47. The highest BCUT2D eigenvalue weighted by Gasteiger charge is 2.74. The van der Waals surface area contributed by atoms with Crippen LogP contribution in [-0.2, 0) is 4.79 Å². The van der Waals surface area contributed by atoms with Crippen molar-refractivity contribution in [2.45, 2.75) is 17.7 Å². The molecule has 1 aliphatic heterocycles. The molecule has 0 N–H and O–H groups in total. The Balaban J connectivity index is 1.70. The average Bonchev–Trinajstić information content (AvgIpc) is 3.04. The number of carbonyl (C=O) groups is 2. The topological polar surface area (TPSA) is 40.6 Å². The predicted molar refractivity (Wildman–Crippen MR) is 96.6 cm³/mol. The number of benzene rings is 1. The number of fused-ring (bicyclic) bond motifs is 1. The van der Waals surface area contributed by atoms with Gasteiger partial charge in [-0.3, -0.25) is 9.59 Å². The number of piperidine rings is 1. The molecule has 1 saturated heterocycles. The fraction of sp³-hybridized carbons (Fsp3) is 0.444. The van der Waals surface area contributed by atoms with Gasteiger partial charge < -0.3 is 9.80 Å². The molecule has 3 rings (SSSR count). The minimum atomic E-state index is -0.723. The van der Waals surface area contributed by atoms with Crippen LogP contribution in [0.5, 0.6) is 0 Å². The standard InChI is InChI=1S/C18H20Cl2N2O2/c1-4-15(23)21(3)13-7-5-12(6-8-13)16(24)22-10-9-17(2)14(11-22)18(17,19)20/h4-8,14H,1,9-11H2,2-3H3. The maximum absolute atomic E-state index is 12.7. The maximum Gasteiger partial charge on any atom is 0.253 e. The number of likely N-dealkylation sites (N-methyl/N-ethyl adjacent to an activating group) is 1. The molecule has 2 atom stereocenters. The Kier molecular flexibility index (Phi) is 4.17. The van der Waals surface area contributed by atoms with Crippen LogP contribution in [0.4, 0.5) is 5.69 Å². The molecule has 1 aromatic carbocycles. The van der Waals surface area contributed by atoms with Crippen LogP contribution in [0.1, 0.15) is 23.7 Å². The van der Waals surface area contributed by atoms with Gasteiger partial charge in [-0.15, -0.1) is 23.2 Å². The van der Waals surface area contributed by atoms with E-state index in [0.717, 1.165) is 6.42 Å². The lowest BCUT2D eigenvalue weighted by Crippen LogP contribution is -2.38. The van der Waals surface area contributed by atoms with Crippen molar-refractivity contribution in [3.63, 3.8) is 0 Å². The van der Waals surface area contributed by atoms with Gasteiger partial charge >= 0.3 is 0 Å². The van der Waals surface area contributed by atoms with E-state index in [1.165, 1.54) is 11.0 Å². The van der Waals surface area contributed by atoms with E-state index < -0.39 is 4.33 Å².